The first kappa shape index (κ1) is 18.7. The second kappa shape index (κ2) is 9.54. The van der Waals surface area contributed by atoms with Crippen LogP contribution in [0.2, 0.25) is 12.6 Å². The quantitative estimate of drug-likeness (QED) is 0.257. The minimum Gasteiger partial charge on any atom is -0.135 e. The number of hydrogen-bond donors (Lipinski definition) is 0. The number of rotatable bonds is 10. The summed E-state index contributed by atoms with van der Waals surface area (Å²) in [7, 11) is -0.400. The smallest absolute Gasteiger partial charge is 0.0824 e. The van der Waals surface area contributed by atoms with E-state index in [0.29, 0.717) is 0 Å². The van der Waals surface area contributed by atoms with Gasteiger partial charge in [0.1, 0.15) is 0 Å². The Morgan fingerprint density at radius 1 is 0.760 bits per heavy atom. The zero-order valence-electron chi connectivity index (χ0n) is 15.8. The molecule has 0 bridgehead atoms. The maximum Gasteiger partial charge on any atom is 0.0824 e. The molecule has 0 nitrogen and oxygen atoms in total. The van der Waals surface area contributed by atoms with Crippen LogP contribution in [-0.4, -0.2) is 8.80 Å². The van der Waals surface area contributed by atoms with Gasteiger partial charge in [0, 0.05) is 20.2 Å². The highest BCUT2D eigenvalue weighted by Crippen LogP contribution is 2.32. The normalized spacial score (nSPS) is 11.8. The lowest BCUT2D eigenvalue weighted by Crippen LogP contribution is -2.25. The third-order valence-electron chi connectivity index (χ3n) is 5.27. The molecule has 3 rings (SSSR count). The molecule has 3 aromatic rings. The molecule has 133 valence electrons. The molecular weight excluding hydrogens is 336 g/mol. The number of thiophene rings is 1. The van der Waals surface area contributed by atoms with Crippen molar-refractivity contribution >= 4 is 45.5 Å². The molecule has 0 amide bonds. The van der Waals surface area contributed by atoms with Crippen LogP contribution in [0.3, 0.4) is 0 Å². The predicted molar refractivity (Wildman–Crippen MR) is 118 cm³/mol. The summed E-state index contributed by atoms with van der Waals surface area (Å²) in [5, 5.41) is 4.52. The Kier molecular flexibility index (Phi) is 7.12. The first-order chi connectivity index (χ1) is 12.3. The van der Waals surface area contributed by atoms with Gasteiger partial charge in [-0.05, 0) is 12.1 Å². The molecule has 1 heterocycles. The van der Waals surface area contributed by atoms with Gasteiger partial charge in [-0.3, -0.25) is 0 Å². The molecule has 1 aromatic heterocycles. The fraction of sp³-hybridized carbons (Fsp3) is 0.478. The third kappa shape index (κ3) is 4.95. The Labute approximate surface area is 158 Å². The molecule has 0 aliphatic rings. The molecule has 0 spiro atoms. The van der Waals surface area contributed by atoms with Crippen molar-refractivity contribution < 1.29 is 0 Å². The summed E-state index contributed by atoms with van der Waals surface area (Å²) in [6, 6.07) is 17.5. The Bertz CT molecular complexity index is 789. The Morgan fingerprint density at radius 3 is 2.24 bits per heavy atom. The van der Waals surface area contributed by atoms with E-state index in [2.05, 4.69) is 55.9 Å². The van der Waals surface area contributed by atoms with Gasteiger partial charge in [-0.1, -0.05) is 106 Å². The van der Waals surface area contributed by atoms with Crippen LogP contribution in [0.5, 0.6) is 0 Å². The third-order valence-corrected chi connectivity index (χ3v) is 8.83. The largest absolute Gasteiger partial charge is 0.135 e. The van der Waals surface area contributed by atoms with E-state index in [1.165, 1.54) is 77.6 Å². The summed E-state index contributed by atoms with van der Waals surface area (Å²) in [4.78, 5) is 0. The van der Waals surface area contributed by atoms with Crippen LogP contribution in [0.1, 0.15) is 58.3 Å². The molecule has 0 fully saturated rings. The van der Waals surface area contributed by atoms with Crippen molar-refractivity contribution in [2.45, 2.75) is 70.9 Å². The summed E-state index contributed by atoms with van der Waals surface area (Å²) < 4.78 is 2.86. The van der Waals surface area contributed by atoms with E-state index < -0.39 is 8.80 Å². The molecule has 0 atom stereocenters. The van der Waals surface area contributed by atoms with Gasteiger partial charge in [-0.15, -0.1) is 11.3 Å². The van der Waals surface area contributed by atoms with E-state index in [4.69, 9.17) is 0 Å². The topological polar surface area (TPSA) is 0 Å². The standard InChI is InChI=1S/C23H31SSi/c1-3-4-5-6-7-8-9-12-17-25(2)19-15-16-23-21(18-19)20-13-10-11-14-22(20)24-23/h10-11,13-16,18H,3-9,12,17H2,1-2H3. The van der Waals surface area contributed by atoms with Gasteiger partial charge < -0.3 is 0 Å². The minimum absolute atomic E-state index is 0.400. The molecule has 2 heteroatoms. The maximum absolute atomic E-state index is 2.50. The number of unbranched alkanes of at least 4 members (excludes halogenated alkanes) is 7. The van der Waals surface area contributed by atoms with Crippen molar-refractivity contribution in [3.05, 3.63) is 42.5 Å². The molecule has 0 aliphatic heterocycles. The van der Waals surface area contributed by atoms with Gasteiger partial charge >= 0.3 is 0 Å². The molecular formula is C23H31SSi. The average molecular weight is 368 g/mol. The highest BCUT2D eigenvalue weighted by Gasteiger charge is 2.11. The molecule has 0 saturated heterocycles. The highest BCUT2D eigenvalue weighted by atomic mass is 32.1. The van der Waals surface area contributed by atoms with Crippen molar-refractivity contribution in [1.29, 1.82) is 0 Å². The van der Waals surface area contributed by atoms with E-state index in [-0.39, 0.29) is 0 Å². The fourth-order valence-corrected chi connectivity index (χ4v) is 6.57. The van der Waals surface area contributed by atoms with Crippen molar-refractivity contribution in [2.75, 3.05) is 0 Å². The summed E-state index contributed by atoms with van der Waals surface area (Å²) in [5.74, 6) is 0. The monoisotopic (exact) mass is 367 g/mol. The maximum atomic E-state index is 2.50. The van der Waals surface area contributed by atoms with Gasteiger partial charge in [0.25, 0.3) is 0 Å². The Morgan fingerprint density at radius 2 is 1.44 bits per heavy atom. The fourth-order valence-electron chi connectivity index (χ4n) is 3.66. The summed E-state index contributed by atoms with van der Waals surface area (Å²) >= 11 is 1.93. The summed E-state index contributed by atoms with van der Waals surface area (Å²) in [6.07, 6.45) is 11.4. The summed E-state index contributed by atoms with van der Waals surface area (Å²) in [5.41, 5.74) is 0. The zero-order chi connectivity index (χ0) is 17.5. The molecule has 25 heavy (non-hydrogen) atoms. The molecule has 1 radical (unpaired) electrons. The van der Waals surface area contributed by atoms with Gasteiger partial charge in [-0.2, -0.15) is 0 Å². The first-order valence-electron chi connectivity index (χ1n) is 10.0. The number of hydrogen-bond acceptors (Lipinski definition) is 1. The van der Waals surface area contributed by atoms with Crippen LogP contribution in [0.15, 0.2) is 42.5 Å². The van der Waals surface area contributed by atoms with Crippen LogP contribution in [-0.2, 0) is 0 Å². The van der Waals surface area contributed by atoms with E-state index in [1.54, 1.807) is 5.19 Å². The van der Waals surface area contributed by atoms with Crippen molar-refractivity contribution in [3.63, 3.8) is 0 Å². The Balaban J connectivity index is 1.52. The second-order valence-electron chi connectivity index (χ2n) is 7.31. The van der Waals surface area contributed by atoms with Crippen LogP contribution in [0.25, 0.3) is 20.2 Å². The molecule has 0 aliphatic carbocycles. The van der Waals surface area contributed by atoms with E-state index in [9.17, 15) is 0 Å². The van der Waals surface area contributed by atoms with Gasteiger partial charge in [0.15, 0.2) is 0 Å². The lowest BCUT2D eigenvalue weighted by Gasteiger charge is -2.10. The van der Waals surface area contributed by atoms with Gasteiger partial charge in [-0.25, -0.2) is 0 Å². The van der Waals surface area contributed by atoms with Crippen LogP contribution < -0.4 is 5.19 Å². The zero-order valence-corrected chi connectivity index (χ0v) is 17.6. The highest BCUT2D eigenvalue weighted by molar-refractivity contribution is 7.25. The first-order valence-corrected chi connectivity index (χ1v) is 13.1. The Hall–Kier alpha value is -1.12. The van der Waals surface area contributed by atoms with Gasteiger partial charge in [0.05, 0.1) is 8.80 Å². The van der Waals surface area contributed by atoms with Crippen LogP contribution in [0.4, 0.5) is 0 Å². The van der Waals surface area contributed by atoms with Crippen LogP contribution >= 0.6 is 11.3 Å². The molecule has 2 aromatic carbocycles. The van der Waals surface area contributed by atoms with Gasteiger partial charge in [0.2, 0.25) is 0 Å². The van der Waals surface area contributed by atoms with Crippen molar-refractivity contribution in [2.24, 2.45) is 0 Å². The lowest BCUT2D eigenvalue weighted by atomic mass is 10.1. The molecule has 0 saturated carbocycles. The van der Waals surface area contributed by atoms with E-state index in [1.807, 2.05) is 11.3 Å². The lowest BCUT2D eigenvalue weighted by molar-refractivity contribution is 0.584. The molecule has 0 unspecified atom stereocenters. The van der Waals surface area contributed by atoms with E-state index >= 15 is 0 Å². The second-order valence-corrected chi connectivity index (χ2v) is 11.0. The summed E-state index contributed by atoms with van der Waals surface area (Å²) in [6.45, 7) is 4.79. The van der Waals surface area contributed by atoms with Crippen LogP contribution in [0, 0.1) is 0 Å². The van der Waals surface area contributed by atoms with Crippen molar-refractivity contribution in [1.82, 2.24) is 0 Å². The average Bonchev–Trinajstić information content (AvgIpc) is 3.01. The number of benzene rings is 2. The predicted octanol–water partition coefficient (Wildman–Crippen LogP) is 7.53. The number of fused-ring (bicyclic) bond motifs is 3. The SMILES string of the molecule is CCCCCCCCCC[Si](C)c1ccc2sc3ccccc3c2c1. The molecule has 0 N–H and O–H groups in total. The van der Waals surface area contributed by atoms with E-state index in [0.717, 1.165) is 0 Å². The van der Waals surface area contributed by atoms with Crippen molar-refractivity contribution in [3.8, 4) is 0 Å². The minimum atomic E-state index is -0.400.